The summed E-state index contributed by atoms with van der Waals surface area (Å²) in [5.41, 5.74) is 0.820. The van der Waals surface area contributed by atoms with E-state index in [0.717, 1.165) is 57.3 Å². The minimum atomic E-state index is 0.0815. The lowest BCUT2D eigenvalue weighted by molar-refractivity contribution is -0.169. The maximum absolute atomic E-state index is 13.3. The van der Waals surface area contributed by atoms with E-state index in [1.54, 1.807) is 7.11 Å². The zero-order valence-electron chi connectivity index (χ0n) is 18.3. The van der Waals surface area contributed by atoms with Crippen molar-refractivity contribution in [2.75, 3.05) is 73.2 Å². The molecule has 0 N–H and O–H groups in total. The maximum atomic E-state index is 13.3. The van der Waals surface area contributed by atoms with Crippen LogP contribution in [0.25, 0.3) is 0 Å². The first-order chi connectivity index (χ1) is 14.6. The van der Waals surface area contributed by atoms with Crippen LogP contribution in [0.15, 0.2) is 24.3 Å². The molecule has 4 aliphatic rings. The van der Waals surface area contributed by atoms with Crippen LogP contribution < -0.4 is 4.74 Å². The Morgan fingerprint density at radius 1 is 1.07 bits per heavy atom. The molecule has 0 unspecified atom stereocenters. The van der Waals surface area contributed by atoms with Crippen LogP contribution in [0.2, 0.25) is 0 Å². The molecular formula is C23H34N4O3. The van der Waals surface area contributed by atoms with E-state index in [9.17, 15) is 4.79 Å². The molecule has 1 amide bonds. The highest BCUT2D eigenvalue weighted by molar-refractivity contribution is 5.94. The molecule has 1 aromatic carbocycles. The third kappa shape index (κ3) is 3.62. The van der Waals surface area contributed by atoms with Crippen molar-refractivity contribution in [1.29, 1.82) is 0 Å². The van der Waals surface area contributed by atoms with Crippen molar-refractivity contribution in [1.82, 2.24) is 19.6 Å². The Morgan fingerprint density at radius 2 is 1.80 bits per heavy atom. The van der Waals surface area contributed by atoms with E-state index in [-0.39, 0.29) is 11.4 Å². The topological polar surface area (TPSA) is 48.5 Å². The van der Waals surface area contributed by atoms with Gasteiger partial charge in [0.05, 0.1) is 31.9 Å². The van der Waals surface area contributed by atoms with Gasteiger partial charge in [-0.25, -0.2) is 0 Å². The molecule has 7 nitrogen and oxygen atoms in total. The molecule has 4 saturated heterocycles. The number of piperidine rings is 1. The second kappa shape index (κ2) is 8.11. The van der Waals surface area contributed by atoms with Gasteiger partial charge < -0.3 is 19.3 Å². The standard InChI is InChI=1S/C23H34N4O3/c1-24-9-7-19(8-10-24)26-16-23(17-26)15-25(13-20-14-30-12-11-27(20)23)22(28)18-3-5-21(29-2)6-4-18/h3-6,19-20H,7-17H2,1-2H3/t20-/m1/s1. The van der Waals surface area contributed by atoms with E-state index in [4.69, 9.17) is 9.47 Å². The Hall–Kier alpha value is -1.67. The van der Waals surface area contributed by atoms with Gasteiger partial charge in [-0.3, -0.25) is 14.6 Å². The zero-order chi connectivity index (χ0) is 20.7. The van der Waals surface area contributed by atoms with Crippen LogP contribution in [0, 0.1) is 0 Å². The van der Waals surface area contributed by atoms with E-state index in [1.165, 1.54) is 25.9 Å². The number of amides is 1. The number of rotatable bonds is 3. The lowest BCUT2D eigenvalue weighted by atomic mass is 9.80. The van der Waals surface area contributed by atoms with Crippen molar-refractivity contribution in [2.45, 2.75) is 30.5 Å². The lowest BCUT2D eigenvalue weighted by Crippen LogP contribution is -2.82. The number of carbonyl (C=O) groups is 1. The number of hydrogen-bond donors (Lipinski definition) is 0. The molecule has 4 aliphatic heterocycles. The van der Waals surface area contributed by atoms with Gasteiger partial charge in [-0.2, -0.15) is 0 Å². The number of ether oxygens (including phenoxy) is 2. The van der Waals surface area contributed by atoms with Crippen molar-refractivity contribution >= 4 is 5.91 Å². The van der Waals surface area contributed by atoms with Crippen molar-refractivity contribution in [3.05, 3.63) is 29.8 Å². The van der Waals surface area contributed by atoms with E-state index < -0.39 is 0 Å². The highest BCUT2D eigenvalue weighted by atomic mass is 16.5. The summed E-state index contributed by atoms with van der Waals surface area (Å²) >= 11 is 0. The summed E-state index contributed by atoms with van der Waals surface area (Å²) in [5.74, 6) is 0.904. The van der Waals surface area contributed by atoms with E-state index >= 15 is 0 Å². The number of hydrogen-bond acceptors (Lipinski definition) is 6. The molecule has 1 spiro atoms. The lowest BCUT2D eigenvalue weighted by Gasteiger charge is -2.65. The van der Waals surface area contributed by atoms with Gasteiger partial charge in [0, 0.05) is 44.3 Å². The fourth-order valence-corrected chi connectivity index (χ4v) is 5.88. The number of methoxy groups -OCH3 is 1. The number of morpholine rings is 1. The fraction of sp³-hybridized carbons (Fsp3) is 0.696. The summed E-state index contributed by atoms with van der Waals surface area (Å²) in [5, 5.41) is 0. The van der Waals surface area contributed by atoms with Gasteiger partial charge in [-0.05, 0) is 57.2 Å². The Balaban J connectivity index is 1.31. The molecule has 1 atom stereocenters. The van der Waals surface area contributed by atoms with Crippen LogP contribution >= 0.6 is 0 Å². The van der Waals surface area contributed by atoms with Crippen LogP contribution in [0.1, 0.15) is 23.2 Å². The van der Waals surface area contributed by atoms with Crippen molar-refractivity contribution < 1.29 is 14.3 Å². The number of benzene rings is 1. The number of carbonyl (C=O) groups excluding carboxylic acids is 1. The molecule has 0 saturated carbocycles. The first kappa shape index (κ1) is 20.2. The molecule has 0 bridgehead atoms. The van der Waals surface area contributed by atoms with Crippen LogP contribution in [0.3, 0.4) is 0 Å². The summed E-state index contributed by atoms with van der Waals surface area (Å²) in [7, 11) is 3.87. The molecule has 7 heteroatoms. The Morgan fingerprint density at radius 3 is 2.50 bits per heavy atom. The second-order valence-electron chi connectivity index (χ2n) is 9.50. The minimum Gasteiger partial charge on any atom is -0.497 e. The van der Waals surface area contributed by atoms with Crippen molar-refractivity contribution in [3.8, 4) is 5.75 Å². The molecule has 4 fully saturated rings. The van der Waals surface area contributed by atoms with Crippen molar-refractivity contribution in [3.63, 3.8) is 0 Å². The average molecular weight is 415 g/mol. The summed E-state index contributed by atoms with van der Waals surface area (Å²) in [4.78, 5) is 23.2. The number of nitrogens with zero attached hydrogens (tertiary/aromatic N) is 4. The monoisotopic (exact) mass is 414 g/mol. The van der Waals surface area contributed by atoms with E-state index in [2.05, 4.69) is 26.6 Å². The largest absolute Gasteiger partial charge is 0.497 e. The molecule has 0 aromatic heterocycles. The number of fused-ring (bicyclic) bond motifs is 2. The quantitative estimate of drug-likeness (QED) is 0.736. The predicted octanol–water partition coefficient (Wildman–Crippen LogP) is 1.00. The van der Waals surface area contributed by atoms with Gasteiger partial charge >= 0.3 is 0 Å². The highest BCUT2D eigenvalue weighted by Crippen LogP contribution is 2.38. The molecule has 4 heterocycles. The van der Waals surface area contributed by atoms with Gasteiger partial charge in [-0.15, -0.1) is 0 Å². The van der Waals surface area contributed by atoms with Gasteiger partial charge in [-0.1, -0.05) is 0 Å². The second-order valence-corrected chi connectivity index (χ2v) is 9.50. The third-order valence-electron chi connectivity index (χ3n) is 7.58. The summed E-state index contributed by atoms with van der Waals surface area (Å²) in [6.45, 7) is 8.61. The highest BCUT2D eigenvalue weighted by Gasteiger charge is 2.56. The Kier molecular flexibility index (Phi) is 5.47. The van der Waals surface area contributed by atoms with Gasteiger partial charge in [0.1, 0.15) is 5.75 Å². The summed E-state index contributed by atoms with van der Waals surface area (Å²) < 4.78 is 11.0. The first-order valence-corrected chi connectivity index (χ1v) is 11.3. The molecule has 5 rings (SSSR count). The van der Waals surface area contributed by atoms with Crippen LogP contribution in [0.5, 0.6) is 5.75 Å². The summed E-state index contributed by atoms with van der Waals surface area (Å²) in [6.07, 6.45) is 2.52. The SMILES string of the molecule is COc1ccc(C(=O)N2C[C@@H]3COCCN3C3(C2)CN(C2CCN(C)CC2)C3)cc1. The first-order valence-electron chi connectivity index (χ1n) is 11.3. The van der Waals surface area contributed by atoms with E-state index in [1.807, 2.05) is 24.3 Å². The molecule has 1 aromatic rings. The average Bonchev–Trinajstić information content (AvgIpc) is 2.77. The van der Waals surface area contributed by atoms with Gasteiger partial charge in [0.15, 0.2) is 0 Å². The Bertz CT molecular complexity index is 756. The molecule has 0 radical (unpaired) electrons. The van der Waals surface area contributed by atoms with Crippen LogP contribution in [0.4, 0.5) is 0 Å². The number of likely N-dealkylation sites (tertiary alicyclic amines) is 2. The maximum Gasteiger partial charge on any atom is 0.253 e. The molecular weight excluding hydrogens is 380 g/mol. The third-order valence-corrected chi connectivity index (χ3v) is 7.58. The van der Waals surface area contributed by atoms with Crippen LogP contribution in [-0.4, -0.2) is 116 Å². The number of piperazine rings is 1. The molecule has 0 aliphatic carbocycles. The minimum absolute atomic E-state index is 0.0815. The van der Waals surface area contributed by atoms with Crippen molar-refractivity contribution in [2.24, 2.45) is 0 Å². The van der Waals surface area contributed by atoms with Gasteiger partial charge in [0.2, 0.25) is 0 Å². The van der Waals surface area contributed by atoms with E-state index in [0.29, 0.717) is 12.1 Å². The van der Waals surface area contributed by atoms with Gasteiger partial charge in [0.25, 0.3) is 5.91 Å². The Labute approximate surface area is 179 Å². The predicted molar refractivity (Wildman–Crippen MR) is 115 cm³/mol. The zero-order valence-corrected chi connectivity index (χ0v) is 18.3. The normalized spacial score (nSPS) is 28.2. The van der Waals surface area contributed by atoms with Crippen LogP contribution in [-0.2, 0) is 4.74 Å². The molecule has 164 valence electrons. The fourth-order valence-electron chi connectivity index (χ4n) is 5.88. The smallest absolute Gasteiger partial charge is 0.253 e. The molecule has 30 heavy (non-hydrogen) atoms. The summed E-state index contributed by atoms with van der Waals surface area (Å²) in [6, 6.07) is 8.49.